The molecular formula is C28H27N. The van der Waals surface area contributed by atoms with E-state index in [2.05, 4.69) is 122 Å². The molecule has 0 aromatic heterocycles. The molecule has 0 saturated heterocycles. The zero-order valence-electron chi connectivity index (χ0n) is 17.2. The third-order valence-electron chi connectivity index (χ3n) is 5.49. The van der Waals surface area contributed by atoms with E-state index in [1.807, 2.05) is 0 Å². The first kappa shape index (κ1) is 19.0. The van der Waals surface area contributed by atoms with Crippen LogP contribution in [-0.2, 0) is 0 Å². The number of nitrogens with zero attached hydrogens (tertiary/aromatic N) is 1. The van der Waals surface area contributed by atoms with Crippen LogP contribution in [0.25, 0.3) is 33.4 Å². The topological polar surface area (TPSA) is 3.24 Å². The van der Waals surface area contributed by atoms with Crippen LogP contribution in [0.15, 0.2) is 103 Å². The molecule has 0 spiro atoms. The molecule has 4 aromatic rings. The van der Waals surface area contributed by atoms with Crippen LogP contribution in [0, 0.1) is 0 Å². The van der Waals surface area contributed by atoms with Crippen LogP contribution >= 0.6 is 0 Å². The lowest BCUT2D eigenvalue weighted by atomic mass is 9.88. The molecule has 0 N–H and O–H groups in total. The monoisotopic (exact) mass is 377 g/mol. The zero-order chi connectivity index (χ0) is 20.1. The van der Waals surface area contributed by atoms with Gasteiger partial charge in [0.05, 0.1) is 5.69 Å². The van der Waals surface area contributed by atoms with Crippen LogP contribution in [-0.4, -0.2) is 13.1 Å². The first-order valence-electron chi connectivity index (χ1n) is 10.4. The summed E-state index contributed by atoms with van der Waals surface area (Å²) in [4.78, 5) is 2.48. The number of anilines is 1. The van der Waals surface area contributed by atoms with Crippen molar-refractivity contribution in [2.45, 2.75) is 13.8 Å². The van der Waals surface area contributed by atoms with Gasteiger partial charge in [-0.3, -0.25) is 0 Å². The van der Waals surface area contributed by atoms with Gasteiger partial charge in [0, 0.05) is 24.2 Å². The molecular weight excluding hydrogens is 350 g/mol. The van der Waals surface area contributed by atoms with E-state index in [0.717, 1.165) is 13.1 Å². The Morgan fingerprint density at radius 2 is 0.897 bits per heavy atom. The summed E-state index contributed by atoms with van der Waals surface area (Å²) < 4.78 is 0. The van der Waals surface area contributed by atoms with E-state index < -0.39 is 0 Å². The molecule has 144 valence electrons. The predicted octanol–water partition coefficient (Wildman–Crippen LogP) is 7.53. The van der Waals surface area contributed by atoms with Gasteiger partial charge < -0.3 is 4.90 Å². The van der Waals surface area contributed by atoms with Crippen molar-refractivity contribution in [3.8, 4) is 33.4 Å². The van der Waals surface area contributed by atoms with E-state index in [1.54, 1.807) is 0 Å². The van der Waals surface area contributed by atoms with Crippen LogP contribution in [0.1, 0.15) is 13.8 Å². The fourth-order valence-electron chi connectivity index (χ4n) is 4.07. The van der Waals surface area contributed by atoms with Gasteiger partial charge in [0.25, 0.3) is 0 Å². The Hall–Kier alpha value is -3.32. The highest BCUT2D eigenvalue weighted by molar-refractivity contribution is 5.99. The normalized spacial score (nSPS) is 10.7. The number of rotatable bonds is 6. The number of hydrogen-bond acceptors (Lipinski definition) is 1. The minimum absolute atomic E-state index is 0.967. The quantitative estimate of drug-likeness (QED) is 0.335. The van der Waals surface area contributed by atoms with E-state index in [-0.39, 0.29) is 0 Å². The molecule has 0 fully saturated rings. The Labute approximate surface area is 174 Å². The maximum atomic E-state index is 2.48. The minimum atomic E-state index is 0.967. The van der Waals surface area contributed by atoms with Crippen LogP contribution < -0.4 is 4.90 Å². The molecule has 0 amide bonds. The van der Waals surface area contributed by atoms with Crippen LogP contribution in [0.4, 0.5) is 5.69 Å². The molecule has 0 unspecified atom stereocenters. The molecule has 1 heteroatoms. The molecule has 0 aliphatic heterocycles. The first-order chi connectivity index (χ1) is 14.3. The predicted molar refractivity (Wildman–Crippen MR) is 126 cm³/mol. The largest absolute Gasteiger partial charge is 0.371 e. The minimum Gasteiger partial charge on any atom is -0.371 e. The van der Waals surface area contributed by atoms with Crippen LogP contribution in [0.5, 0.6) is 0 Å². The molecule has 29 heavy (non-hydrogen) atoms. The molecule has 0 atom stereocenters. The van der Waals surface area contributed by atoms with Gasteiger partial charge in [-0.2, -0.15) is 0 Å². The van der Waals surface area contributed by atoms with E-state index in [1.165, 1.54) is 39.1 Å². The highest BCUT2D eigenvalue weighted by atomic mass is 15.1. The van der Waals surface area contributed by atoms with Crippen molar-refractivity contribution in [2.75, 3.05) is 18.0 Å². The second-order valence-corrected chi connectivity index (χ2v) is 7.15. The fourth-order valence-corrected chi connectivity index (χ4v) is 4.07. The van der Waals surface area contributed by atoms with Gasteiger partial charge in [-0.1, -0.05) is 103 Å². The highest BCUT2D eigenvalue weighted by Gasteiger charge is 2.20. The van der Waals surface area contributed by atoms with Gasteiger partial charge >= 0.3 is 0 Å². The van der Waals surface area contributed by atoms with Crippen LogP contribution in [0.2, 0.25) is 0 Å². The van der Waals surface area contributed by atoms with E-state index in [0.29, 0.717) is 0 Å². The Kier molecular flexibility index (Phi) is 5.76. The summed E-state index contributed by atoms with van der Waals surface area (Å²) in [6.07, 6.45) is 0. The average Bonchev–Trinajstić information content (AvgIpc) is 2.81. The van der Waals surface area contributed by atoms with Gasteiger partial charge in [0.15, 0.2) is 0 Å². The SMILES string of the molecule is CCN(CC)c1c(-c2ccccc2)ccc(-c2ccccc2)c1-c1ccccc1. The molecule has 0 radical (unpaired) electrons. The molecule has 0 aliphatic rings. The molecule has 0 aliphatic carbocycles. The van der Waals surface area contributed by atoms with Crippen molar-refractivity contribution in [2.24, 2.45) is 0 Å². The van der Waals surface area contributed by atoms with Crippen molar-refractivity contribution in [1.82, 2.24) is 0 Å². The fraction of sp³-hybridized carbons (Fsp3) is 0.143. The van der Waals surface area contributed by atoms with Crippen molar-refractivity contribution in [3.63, 3.8) is 0 Å². The van der Waals surface area contributed by atoms with Gasteiger partial charge in [-0.05, 0) is 36.1 Å². The molecule has 4 aromatic carbocycles. The van der Waals surface area contributed by atoms with Gasteiger partial charge in [-0.25, -0.2) is 0 Å². The lowest BCUT2D eigenvalue weighted by molar-refractivity contribution is 0.868. The highest BCUT2D eigenvalue weighted by Crippen LogP contribution is 2.45. The van der Waals surface area contributed by atoms with E-state index in [9.17, 15) is 0 Å². The molecule has 1 nitrogen and oxygen atoms in total. The summed E-state index contributed by atoms with van der Waals surface area (Å²) in [7, 11) is 0. The molecule has 0 saturated carbocycles. The van der Waals surface area contributed by atoms with Crippen molar-refractivity contribution >= 4 is 5.69 Å². The van der Waals surface area contributed by atoms with E-state index in [4.69, 9.17) is 0 Å². The Balaban J connectivity index is 2.09. The Bertz CT molecular complexity index is 1050. The number of benzene rings is 4. The molecule has 0 bridgehead atoms. The van der Waals surface area contributed by atoms with Crippen molar-refractivity contribution < 1.29 is 0 Å². The van der Waals surface area contributed by atoms with Crippen LogP contribution in [0.3, 0.4) is 0 Å². The number of hydrogen-bond donors (Lipinski definition) is 0. The smallest absolute Gasteiger partial charge is 0.0531 e. The zero-order valence-corrected chi connectivity index (χ0v) is 17.2. The maximum Gasteiger partial charge on any atom is 0.0531 e. The average molecular weight is 378 g/mol. The maximum absolute atomic E-state index is 2.48. The summed E-state index contributed by atoms with van der Waals surface area (Å²) in [5.74, 6) is 0. The summed E-state index contributed by atoms with van der Waals surface area (Å²) in [6.45, 7) is 6.41. The van der Waals surface area contributed by atoms with Crippen molar-refractivity contribution in [1.29, 1.82) is 0 Å². The van der Waals surface area contributed by atoms with Crippen molar-refractivity contribution in [3.05, 3.63) is 103 Å². The second-order valence-electron chi connectivity index (χ2n) is 7.15. The third kappa shape index (κ3) is 3.82. The summed E-state index contributed by atoms with van der Waals surface area (Å²) in [5.41, 5.74) is 8.94. The molecule has 0 heterocycles. The Morgan fingerprint density at radius 1 is 0.483 bits per heavy atom. The van der Waals surface area contributed by atoms with Gasteiger partial charge in [-0.15, -0.1) is 0 Å². The second kappa shape index (κ2) is 8.79. The first-order valence-corrected chi connectivity index (χ1v) is 10.4. The van der Waals surface area contributed by atoms with Gasteiger partial charge in [0.1, 0.15) is 0 Å². The van der Waals surface area contributed by atoms with Gasteiger partial charge in [0.2, 0.25) is 0 Å². The lowest BCUT2D eigenvalue weighted by Gasteiger charge is -2.29. The summed E-state index contributed by atoms with van der Waals surface area (Å²) >= 11 is 0. The standard InChI is InChI=1S/C28H27N/c1-3-29(4-2)28-26(23-16-10-6-11-17-23)21-20-25(22-14-8-5-9-15-22)27(28)24-18-12-7-13-19-24/h5-21H,3-4H2,1-2H3. The van der Waals surface area contributed by atoms with E-state index >= 15 is 0 Å². The summed E-state index contributed by atoms with van der Waals surface area (Å²) in [6, 6.07) is 36.8. The molecule has 4 rings (SSSR count). The Morgan fingerprint density at radius 3 is 1.38 bits per heavy atom. The summed E-state index contributed by atoms with van der Waals surface area (Å²) in [5, 5.41) is 0. The lowest BCUT2D eigenvalue weighted by Crippen LogP contribution is -2.23. The third-order valence-corrected chi connectivity index (χ3v) is 5.49.